The van der Waals surface area contributed by atoms with Gasteiger partial charge in [0.2, 0.25) is 5.78 Å². The molecule has 0 aliphatic carbocycles. The lowest BCUT2D eigenvalue weighted by Crippen LogP contribution is -2.35. The fourth-order valence-corrected chi connectivity index (χ4v) is 2.21. The number of allylic oxidation sites excluding steroid dienone is 3. The van der Waals surface area contributed by atoms with Gasteiger partial charge < -0.3 is 10.1 Å². The van der Waals surface area contributed by atoms with E-state index in [9.17, 15) is 9.59 Å². The second-order valence-corrected chi connectivity index (χ2v) is 5.21. The largest absolute Gasteiger partial charge is 0.466 e. The Labute approximate surface area is 145 Å². The number of carbonyl (C=O) groups is 2. The summed E-state index contributed by atoms with van der Waals surface area (Å²) in [6, 6.07) is 9.66. The van der Waals surface area contributed by atoms with E-state index in [4.69, 9.17) is 12.2 Å². The van der Waals surface area contributed by atoms with Gasteiger partial charge in [-0.25, -0.2) is 9.80 Å². The quantitative estimate of drug-likeness (QED) is 0.512. The first-order chi connectivity index (χ1) is 11.6. The zero-order chi connectivity index (χ0) is 17.5. The minimum atomic E-state index is -0.647. The van der Waals surface area contributed by atoms with Crippen molar-refractivity contribution in [1.29, 1.82) is 0 Å². The van der Waals surface area contributed by atoms with Crippen molar-refractivity contribution in [2.24, 2.45) is 5.10 Å². The molecule has 0 saturated carbocycles. The molecule has 0 saturated heterocycles. The molecule has 0 spiro atoms. The van der Waals surface area contributed by atoms with Crippen molar-refractivity contribution in [2.75, 3.05) is 7.11 Å². The lowest BCUT2D eigenvalue weighted by molar-refractivity contribution is -0.135. The Morgan fingerprint density at radius 3 is 2.71 bits per heavy atom. The van der Waals surface area contributed by atoms with Gasteiger partial charge in [0.25, 0.3) is 0 Å². The summed E-state index contributed by atoms with van der Waals surface area (Å²) in [4.78, 5) is 23.9. The molecule has 124 valence electrons. The molecule has 1 aliphatic heterocycles. The number of rotatable bonds is 4. The Hall–Kier alpha value is -2.80. The Kier molecular flexibility index (Phi) is 5.97. The molecule has 6 nitrogen and oxygen atoms in total. The molecule has 1 N–H and O–H groups in total. The van der Waals surface area contributed by atoms with Gasteiger partial charge in [-0.05, 0) is 30.8 Å². The highest BCUT2D eigenvalue weighted by Gasteiger charge is 2.32. The second kappa shape index (κ2) is 8.16. The summed E-state index contributed by atoms with van der Waals surface area (Å²) < 4.78 is 4.59. The van der Waals surface area contributed by atoms with Gasteiger partial charge in [-0.2, -0.15) is 5.10 Å². The van der Waals surface area contributed by atoms with E-state index < -0.39 is 5.97 Å². The zero-order valence-electron chi connectivity index (χ0n) is 13.4. The number of nitrogens with zero attached hydrogens (tertiary/aromatic N) is 2. The first kappa shape index (κ1) is 17.6. The number of methoxy groups -OCH3 is 1. The van der Waals surface area contributed by atoms with E-state index in [-0.39, 0.29) is 22.3 Å². The van der Waals surface area contributed by atoms with Gasteiger partial charge in [-0.3, -0.25) is 4.79 Å². The molecule has 2 rings (SSSR count). The standard InChI is InChI=1S/C17H17N3O3S/c1-3-7-13-16(22)14(10-15(21)23-2)20(19-13)17(24)18-11-12-8-5-4-6-9-12/h3-10H,11H2,1-2H3,(H,18,24)/b7-3+,14-10+. The van der Waals surface area contributed by atoms with Crippen LogP contribution in [0.5, 0.6) is 0 Å². The normalized spacial score (nSPS) is 15.8. The molecule has 0 aromatic heterocycles. The van der Waals surface area contributed by atoms with Crippen LogP contribution in [-0.4, -0.2) is 34.7 Å². The van der Waals surface area contributed by atoms with Crippen molar-refractivity contribution in [3.63, 3.8) is 0 Å². The number of nitrogens with one attached hydrogen (secondary N) is 1. The van der Waals surface area contributed by atoms with Gasteiger partial charge in [0, 0.05) is 6.54 Å². The molecule has 1 aromatic rings. The third kappa shape index (κ3) is 4.14. The molecule has 1 aliphatic rings. The van der Waals surface area contributed by atoms with E-state index in [1.54, 1.807) is 19.1 Å². The van der Waals surface area contributed by atoms with E-state index in [0.717, 1.165) is 11.6 Å². The van der Waals surface area contributed by atoms with Crippen molar-refractivity contribution in [3.05, 3.63) is 59.8 Å². The van der Waals surface area contributed by atoms with E-state index in [1.165, 1.54) is 12.1 Å². The third-order valence-electron chi connectivity index (χ3n) is 3.16. The molecule has 24 heavy (non-hydrogen) atoms. The van der Waals surface area contributed by atoms with Crippen LogP contribution in [0.4, 0.5) is 0 Å². The molecule has 1 aromatic carbocycles. The molecule has 0 fully saturated rings. The van der Waals surface area contributed by atoms with Crippen molar-refractivity contribution < 1.29 is 14.3 Å². The van der Waals surface area contributed by atoms with Crippen LogP contribution in [0.3, 0.4) is 0 Å². The van der Waals surface area contributed by atoms with Gasteiger partial charge in [-0.15, -0.1) is 0 Å². The molecule has 0 amide bonds. The van der Waals surface area contributed by atoms with E-state index in [2.05, 4.69) is 15.2 Å². The average molecular weight is 343 g/mol. The summed E-state index contributed by atoms with van der Waals surface area (Å²) in [7, 11) is 1.24. The number of carbonyl (C=O) groups excluding carboxylic acids is 2. The van der Waals surface area contributed by atoms with Crippen molar-refractivity contribution in [2.45, 2.75) is 13.5 Å². The predicted molar refractivity (Wildman–Crippen MR) is 95.1 cm³/mol. The summed E-state index contributed by atoms with van der Waals surface area (Å²) in [5.74, 6) is -1.03. The maximum atomic E-state index is 12.3. The van der Waals surface area contributed by atoms with E-state index in [1.807, 2.05) is 30.3 Å². The van der Waals surface area contributed by atoms with Crippen LogP contribution in [-0.2, 0) is 20.9 Å². The molecule has 0 bridgehead atoms. The zero-order valence-corrected chi connectivity index (χ0v) is 14.2. The Morgan fingerprint density at radius 1 is 1.38 bits per heavy atom. The number of hydrogen-bond donors (Lipinski definition) is 1. The van der Waals surface area contributed by atoms with Crippen LogP contribution >= 0.6 is 12.2 Å². The van der Waals surface area contributed by atoms with Crippen molar-refractivity contribution in [1.82, 2.24) is 10.3 Å². The number of esters is 1. The topological polar surface area (TPSA) is 71.0 Å². The summed E-state index contributed by atoms with van der Waals surface area (Å²) >= 11 is 5.31. The van der Waals surface area contributed by atoms with Crippen LogP contribution in [0, 0.1) is 0 Å². The number of ketones is 1. The van der Waals surface area contributed by atoms with Crippen molar-refractivity contribution in [3.8, 4) is 0 Å². The first-order valence-electron chi connectivity index (χ1n) is 7.24. The van der Waals surface area contributed by atoms with Gasteiger partial charge in [0.1, 0.15) is 11.4 Å². The van der Waals surface area contributed by atoms with Gasteiger partial charge in [0.05, 0.1) is 13.2 Å². The Morgan fingerprint density at radius 2 is 2.08 bits per heavy atom. The van der Waals surface area contributed by atoms with Crippen LogP contribution < -0.4 is 5.32 Å². The summed E-state index contributed by atoms with van der Waals surface area (Å²) in [5.41, 5.74) is 1.29. The average Bonchev–Trinajstić information content (AvgIpc) is 2.90. The number of thiocarbonyl (C=S) groups is 1. The number of hydrogen-bond acceptors (Lipinski definition) is 5. The highest BCUT2D eigenvalue weighted by Crippen LogP contribution is 2.18. The molecular weight excluding hydrogens is 326 g/mol. The highest BCUT2D eigenvalue weighted by atomic mass is 32.1. The van der Waals surface area contributed by atoms with E-state index >= 15 is 0 Å². The Balaban J connectivity index is 2.19. The minimum absolute atomic E-state index is 0.0560. The summed E-state index contributed by atoms with van der Waals surface area (Å²) in [5, 5.41) is 8.67. The lowest BCUT2D eigenvalue weighted by Gasteiger charge is -2.17. The van der Waals surface area contributed by atoms with Gasteiger partial charge in [-0.1, -0.05) is 36.4 Å². The maximum Gasteiger partial charge on any atom is 0.332 e. The molecule has 0 radical (unpaired) electrons. The number of ether oxygens (including phenoxy) is 1. The molecule has 0 atom stereocenters. The molecule has 7 heteroatoms. The van der Waals surface area contributed by atoms with Crippen molar-refractivity contribution >= 4 is 34.8 Å². The second-order valence-electron chi connectivity index (χ2n) is 4.82. The summed E-state index contributed by atoms with van der Waals surface area (Å²) in [6.45, 7) is 2.25. The van der Waals surface area contributed by atoms with Gasteiger partial charge >= 0.3 is 5.97 Å². The maximum absolute atomic E-state index is 12.3. The van der Waals surface area contributed by atoms with E-state index in [0.29, 0.717) is 6.54 Å². The van der Waals surface area contributed by atoms with Crippen LogP contribution in [0.25, 0.3) is 0 Å². The fourth-order valence-electron chi connectivity index (χ4n) is 2.00. The van der Waals surface area contributed by atoms with Crippen LogP contribution in [0.1, 0.15) is 12.5 Å². The lowest BCUT2D eigenvalue weighted by atomic mass is 10.2. The number of hydrazone groups is 1. The fraction of sp³-hybridized carbons (Fsp3) is 0.176. The van der Waals surface area contributed by atoms with Crippen LogP contribution in [0.15, 0.2) is 59.4 Å². The summed E-state index contributed by atoms with van der Waals surface area (Å²) in [6.07, 6.45) is 4.34. The third-order valence-corrected chi connectivity index (χ3v) is 3.48. The predicted octanol–water partition coefficient (Wildman–Crippen LogP) is 1.93. The Bertz CT molecular complexity index is 739. The molecular formula is C17H17N3O3S. The van der Waals surface area contributed by atoms with Crippen LogP contribution in [0.2, 0.25) is 0 Å². The monoisotopic (exact) mass is 343 g/mol. The minimum Gasteiger partial charge on any atom is -0.466 e. The smallest absolute Gasteiger partial charge is 0.332 e. The number of benzene rings is 1. The first-order valence-corrected chi connectivity index (χ1v) is 7.65. The molecule has 0 unspecified atom stereocenters. The SMILES string of the molecule is C/C=C/C1=NN(C(=S)NCc2ccccc2)/C(=C/C(=O)OC)C1=O. The molecule has 1 heterocycles. The number of Topliss-reactive ketones (excluding diaryl/α,β-unsaturated/α-hetero) is 1. The highest BCUT2D eigenvalue weighted by molar-refractivity contribution is 7.80. The van der Waals surface area contributed by atoms with Gasteiger partial charge in [0.15, 0.2) is 5.11 Å².